The Bertz CT molecular complexity index is 747. The van der Waals surface area contributed by atoms with Gasteiger partial charge in [-0.3, -0.25) is 0 Å². The van der Waals surface area contributed by atoms with Gasteiger partial charge in [0.15, 0.2) is 5.82 Å². The smallest absolute Gasteiger partial charge is 0.151 e. The van der Waals surface area contributed by atoms with Crippen LogP contribution in [0.1, 0.15) is 17.0 Å². The minimum absolute atomic E-state index is 0.170. The Balaban J connectivity index is 1.69. The van der Waals surface area contributed by atoms with E-state index in [0.717, 1.165) is 49.3 Å². The number of aryl methyl sites for hydroxylation is 1. The molecule has 1 aromatic heterocycles. The van der Waals surface area contributed by atoms with Crippen LogP contribution in [0.4, 0.5) is 8.78 Å². The van der Waals surface area contributed by atoms with E-state index in [4.69, 9.17) is 4.74 Å². The second kappa shape index (κ2) is 7.59. The Kier molecular flexibility index (Phi) is 5.46. The van der Waals surface area contributed by atoms with Crippen LogP contribution in [0.25, 0.3) is 5.69 Å². The lowest BCUT2D eigenvalue weighted by Gasteiger charge is -2.30. The Labute approximate surface area is 146 Å². The van der Waals surface area contributed by atoms with Crippen molar-refractivity contribution in [3.63, 3.8) is 0 Å². The predicted octanol–water partition coefficient (Wildman–Crippen LogP) is 2.19. The van der Waals surface area contributed by atoms with Gasteiger partial charge in [0.2, 0.25) is 0 Å². The summed E-state index contributed by atoms with van der Waals surface area (Å²) in [6.07, 6.45) is 0.170. The normalized spacial score (nSPS) is 18.7. The van der Waals surface area contributed by atoms with Crippen LogP contribution in [0.2, 0.25) is 0 Å². The summed E-state index contributed by atoms with van der Waals surface area (Å²) >= 11 is 0. The van der Waals surface area contributed by atoms with E-state index in [1.807, 2.05) is 13.8 Å². The second-order valence-corrected chi connectivity index (χ2v) is 6.54. The zero-order valence-corrected chi connectivity index (χ0v) is 14.9. The molecule has 0 unspecified atom stereocenters. The molecule has 0 amide bonds. The summed E-state index contributed by atoms with van der Waals surface area (Å²) in [5.41, 5.74) is 2.95. The van der Waals surface area contributed by atoms with Crippen LogP contribution < -0.4 is 5.32 Å². The maximum Gasteiger partial charge on any atom is 0.151 e. The standard InChI is InChI=1S/C18H24F2N4O/c1-12-16(10-21-9-15-11-23(3)6-7-25-15)13(2)24(22-12)18-5-4-14(19)8-17(18)20/h4-5,8,15,21H,6-7,9-11H2,1-3H3/t15-/m1/s1. The van der Waals surface area contributed by atoms with Gasteiger partial charge in [-0.1, -0.05) is 0 Å². The van der Waals surface area contributed by atoms with Crippen molar-refractivity contribution in [3.05, 3.63) is 46.8 Å². The molecule has 0 saturated carbocycles. The van der Waals surface area contributed by atoms with E-state index in [1.165, 1.54) is 16.8 Å². The molecule has 0 spiro atoms. The molecule has 136 valence electrons. The van der Waals surface area contributed by atoms with Crippen LogP contribution >= 0.6 is 0 Å². The zero-order valence-electron chi connectivity index (χ0n) is 14.9. The van der Waals surface area contributed by atoms with E-state index in [-0.39, 0.29) is 11.8 Å². The number of rotatable bonds is 5. The molecule has 25 heavy (non-hydrogen) atoms. The number of morpholine rings is 1. The number of hydrogen-bond donors (Lipinski definition) is 1. The SMILES string of the molecule is Cc1nn(-c2ccc(F)cc2F)c(C)c1CNC[C@@H]1CN(C)CCO1. The van der Waals surface area contributed by atoms with Crippen molar-refractivity contribution in [2.75, 3.05) is 33.3 Å². The Morgan fingerprint density at radius 2 is 2.12 bits per heavy atom. The Morgan fingerprint density at radius 1 is 1.32 bits per heavy atom. The molecular formula is C18H24F2N4O. The lowest BCUT2D eigenvalue weighted by atomic mass is 10.2. The zero-order chi connectivity index (χ0) is 18.0. The van der Waals surface area contributed by atoms with Crippen molar-refractivity contribution in [2.24, 2.45) is 0 Å². The van der Waals surface area contributed by atoms with Crippen molar-refractivity contribution < 1.29 is 13.5 Å². The lowest BCUT2D eigenvalue weighted by molar-refractivity contribution is -0.0182. The number of hydrogen-bond acceptors (Lipinski definition) is 4. The molecular weight excluding hydrogens is 326 g/mol. The number of aromatic nitrogens is 2. The third kappa shape index (κ3) is 4.05. The lowest BCUT2D eigenvalue weighted by Crippen LogP contribution is -2.44. The molecule has 0 aliphatic carbocycles. The minimum atomic E-state index is -0.622. The van der Waals surface area contributed by atoms with Crippen molar-refractivity contribution in [1.29, 1.82) is 0 Å². The van der Waals surface area contributed by atoms with Gasteiger partial charge in [0.25, 0.3) is 0 Å². The van der Waals surface area contributed by atoms with Crippen molar-refractivity contribution in [2.45, 2.75) is 26.5 Å². The molecule has 1 saturated heterocycles. The van der Waals surface area contributed by atoms with E-state index >= 15 is 0 Å². The number of nitrogens with one attached hydrogen (secondary N) is 1. The van der Waals surface area contributed by atoms with E-state index in [0.29, 0.717) is 6.54 Å². The first-order valence-corrected chi connectivity index (χ1v) is 8.47. The van der Waals surface area contributed by atoms with Gasteiger partial charge < -0.3 is 15.0 Å². The van der Waals surface area contributed by atoms with Gasteiger partial charge in [-0.25, -0.2) is 13.5 Å². The van der Waals surface area contributed by atoms with Gasteiger partial charge in [0, 0.05) is 43.5 Å². The summed E-state index contributed by atoms with van der Waals surface area (Å²) in [6, 6.07) is 3.53. The third-order valence-electron chi connectivity index (χ3n) is 4.59. The minimum Gasteiger partial charge on any atom is -0.374 e. The summed E-state index contributed by atoms with van der Waals surface area (Å²) in [5, 5.41) is 7.83. The molecule has 0 bridgehead atoms. The number of benzene rings is 1. The summed E-state index contributed by atoms with van der Waals surface area (Å²) in [5.74, 6) is -1.22. The van der Waals surface area contributed by atoms with E-state index < -0.39 is 11.6 Å². The fourth-order valence-corrected chi connectivity index (χ4v) is 3.17. The highest BCUT2D eigenvalue weighted by atomic mass is 19.1. The summed E-state index contributed by atoms with van der Waals surface area (Å²) in [6.45, 7) is 7.79. The first kappa shape index (κ1) is 18.0. The molecule has 1 atom stereocenters. The number of nitrogens with zero attached hydrogens (tertiary/aromatic N) is 3. The van der Waals surface area contributed by atoms with E-state index in [2.05, 4.69) is 22.4 Å². The number of ether oxygens (including phenoxy) is 1. The highest BCUT2D eigenvalue weighted by molar-refractivity contribution is 5.38. The first-order chi connectivity index (χ1) is 12.0. The molecule has 1 fully saturated rings. The van der Waals surface area contributed by atoms with Gasteiger partial charge >= 0.3 is 0 Å². The van der Waals surface area contributed by atoms with E-state index in [9.17, 15) is 8.78 Å². The Morgan fingerprint density at radius 3 is 2.84 bits per heavy atom. The van der Waals surface area contributed by atoms with Gasteiger partial charge in [0.1, 0.15) is 11.5 Å². The third-order valence-corrected chi connectivity index (χ3v) is 4.59. The van der Waals surface area contributed by atoms with Gasteiger partial charge in [-0.05, 0) is 33.0 Å². The van der Waals surface area contributed by atoms with Crippen LogP contribution in [-0.2, 0) is 11.3 Å². The number of likely N-dealkylation sites (N-methyl/N-ethyl adjacent to an activating group) is 1. The fraction of sp³-hybridized carbons (Fsp3) is 0.500. The van der Waals surface area contributed by atoms with Crippen molar-refractivity contribution in [3.8, 4) is 5.69 Å². The highest BCUT2D eigenvalue weighted by Gasteiger charge is 2.19. The molecule has 2 heterocycles. The van der Waals surface area contributed by atoms with Crippen LogP contribution in [0, 0.1) is 25.5 Å². The molecule has 7 heteroatoms. The highest BCUT2D eigenvalue weighted by Crippen LogP contribution is 2.20. The summed E-state index contributed by atoms with van der Waals surface area (Å²) in [7, 11) is 2.09. The average Bonchev–Trinajstić information content (AvgIpc) is 2.83. The topological polar surface area (TPSA) is 42.3 Å². The van der Waals surface area contributed by atoms with Crippen LogP contribution in [0.5, 0.6) is 0 Å². The van der Waals surface area contributed by atoms with Crippen molar-refractivity contribution >= 4 is 0 Å². The first-order valence-electron chi connectivity index (χ1n) is 8.47. The average molecular weight is 350 g/mol. The maximum absolute atomic E-state index is 14.1. The fourth-order valence-electron chi connectivity index (χ4n) is 3.17. The monoisotopic (exact) mass is 350 g/mol. The molecule has 2 aromatic rings. The van der Waals surface area contributed by atoms with Crippen LogP contribution in [-0.4, -0.2) is 54.1 Å². The molecule has 0 radical (unpaired) electrons. The molecule has 5 nitrogen and oxygen atoms in total. The van der Waals surface area contributed by atoms with Gasteiger partial charge in [-0.15, -0.1) is 0 Å². The summed E-state index contributed by atoms with van der Waals surface area (Å²) < 4.78 is 34.4. The van der Waals surface area contributed by atoms with Gasteiger partial charge in [-0.2, -0.15) is 5.10 Å². The van der Waals surface area contributed by atoms with Gasteiger partial charge in [0.05, 0.1) is 18.4 Å². The van der Waals surface area contributed by atoms with E-state index in [1.54, 1.807) is 0 Å². The Hall–Kier alpha value is -1.83. The predicted molar refractivity (Wildman–Crippen MR) is 91.9 cm³/mol. The molecule has 1 N–H and O–H groups in total. The molecule has 3 rings (SSSR count). The molecule has 1 aliphatic rings. The summed E-state index contributed by atoms with van der Waals surface area (Å²) in [4.78, 5) is 2.25. The van der Waals surface area contributed by atoms with Crippen molar-refractivity contribution in [1.82, 2.24) is 20.0 Å². The largest absolute Gasteiger partial charge is 0.374 e. The quantitative estimate of drug-likeness (QED) is 0.898. The second-order valence-electron chi connectivity index (χ2n) is 6.54. The maximum atomic E-state index is 14.1. The molecule has 1 aliphatic heterocycles. The van der Waals surface area contributed by atoms with Crippen LogP contribution in [0.15, 0.2) is 18.2 Å². The molecule has 1 aromatic carbocycles. The van der Waals surface area contributed by atoms with Crippen LogP contribution in [0.3, 0.4) is 0 Å². The number of halogens is 2.